The zero-order chi connectivity index (χ0) is 29.4. The second-order valence-electron chi connectivity index (χ2n) is 9.42. The molecule has 0 aliphatic heterocycles. The van der Waals surface area contributed by atoms with Crippen molar-refractivity contribution in [2.24, 2.45) is 0 Å². The monoisotopic (exact) mass is 592 g/mol. The van der Waals surface area contributed by atoms with E-state index in [1.807, 2.05) is 32.0 Å². The van der Waals surface area contributed by atoms with Gasteiger partial charge in [-0.1, -0.05) is 29.3 Å². The number of rotatable bonds is 12. The number of nitriles is 1. The largest absolute Gasteiger partial charge is 0.492 e. The maximum atomic E-state index is 12.7. The molecule has 0 aliphatic carbocycles. The van der Waals surface area contributed by atoms with Crippen molar-refractivity contribution in [2.75, 3.05) is 37.9 Å². The molecular formula is C30H30Cl2N6O3. The van der Waals surface area contributed by atoms with Crippen LogP contribution in [-0.4, -0.2) is 48.0 Å². The van der Waals surface area contributed by atoms with Crippen LogP contribution in [-0.2, 0) is 11.4 Å². The Morgan fingerprint density at radius 3 is 2.63 bits per heavy atom. The first-order chi connectivity index (χ1) is 19.8. The molecule has 0 radical (unpaired) electrons. The summed E-state index contributed by atoms with van der Waals surface area (Å²) in [6, 6.07) is 16.3. The molecule has 0 saturated carbocycles. The Kier molecular flexibility index (Phi) is 10.2. The molecule has 0 aliphatic rings. The fraction of sp³-hybridized carbons (Fsp3) is 0.267. The highest BCUT2D eigenvalue weighted by molar-refractivity contribution is 6.32. The van der Waals surface area contributed by atoms with Gasteiger partial charge < -0.3 is 25.0 Å². The maximum absolute atomic E-state index is 12.7. The molecule has 9 nitrogen and oxygen atoms in total. The third-order valence-corrected chi connectivity index (χ3v) is 6.53. The third-order valence-electron chi connectivity index (χ3n) is 6.02. The number of nitrogens with zero attached hydrogens (tertiary/aromatic N) is 4. The van der Waals surface area contributed by atoms with E-state index >= 15 is 0 Å². The molecule has 11 heteroatoms. The number of pyridine rings is 2. The van der Waals surface area contributed by atoms with Crippen LogP contribution < -0.4 is 20.1 Å². The smallest absolute Gasteiger partial charge is 0.224 e. The summed E-state index contributed by atoms with van der Waals surface area (Å²) in [6.45, 7) is 3.29. The van der Waals surface area contributed by atoms with Crippen LogP contribution in [0.4, 0.5) is 17.1 Å². The quantitative estimate of drug-likeness (QED) is 0.172. The zero-order valence-corrected chi connectivity index (χ0v) is 24.5. The van der Waals surface area contributed by atoms with Gasteiger partial charge in [-0.3, -0.25) is 9.78 Å². The Bertz CT molecular complexity index is 1590. The van der Waals surface area contributed by atoms with Crippen molar-refractivity contribution >= 4 is 57.1 Å². The predicted octanol–water partition coefficient (Wildman–Crippen LogP) is 6.81. The van der Waals surface area contributed by atoms with E-state index in [1.54, 1.807) is 42.5 Å². The van der Waals surface area contributed by atoms with Crippen molar-refractivity contribution in [1.29, 1.82) is 5.26 Å². The second kappa shape index (κ2) is 14.0. The van der Waals surface area contributed by atoms with E-state index in [9.17, 15) is 10.1 Å². The molecule has 41 heavy (non-hydrogen) atoms. The summed E-state index contributed by atoms with van der Waals surface area (Å²) in [4.78, 5) is 23.4. The van der Waals surface area contributed by atoms with Gasteiger partial charge >= 0.3 is 0 Å². The maximum Gasteiger partial charge on any atom is 0.224 e. The Morgan fingerprint density at radius 2 is 1.93 bits per heavy atom. The van der Waals surface area contributed by atoms with E-state index in [-0.39, 0.29) is 12.5 Å². The highest BCUT2D eigenvalue weighted by atomic mass is 35.5. The minimum atomic E-state index is -0.124. The van der Waals surface area contributed by atoms with E-state index in [2.05, 4.69) is 26.7 Å². The summed E-state index contributed by atoms with van der Waals surface area (Å²) in [6.07, 6.45) is 2.58. The van der Waals surface area contributed by atoms with Gasteiger partial charge in [-0.05, 0) is 70.4 Å². The van der Waals surface area contributed by atoms with E-state index in [4.69, 9.17) is 32.7 Å². The second-order valence-corrected chi connectivity index (χ2v) is 10.2. The number of amides is 1. The van der Waals surface area contributed by atoms with Crippen LogP contribution in [0.15, 0.2) is 54.7 Å². The van der Waals surface area contributed by atoms with E-state index in [0.717, 1.165) is 13.0 Å². The van der Waals surface area contributed by atoms with Gasteiger partial charge in [0.1, 0.15) is 29.3 Å². The number of ether oxygens (including phenoxy) is 2. The fourth-order valence-corrected chi connectivity index (χ4v) is 4.52. The lowest BCUT2D eigenvalue weighted by atomic mass is 10.1. The van der Waals surface area contributed by atoms with Crippen LogP contribution in [0.1, 0.15) is 31.0 Å². The fourth-order valence-electron chi connectivity index (χ4n) is 4.10. The van der Waals surface area contributed by atoms with Crippen molar-refractivity contribution in [3.05, 3.63) is 76.2 Å². The van der Waals surface area contributed by atoms with Crippen LogP contribution in [0.3, 0.4) is 0 Å². The van der Waals surface area contributed by atoms with Crippen LogP contribution >= 0.6 is 23.2 Å². The summed E-state index contributed by atoms with van der Waals surface area (Å²) < 4.78 is 11.6. The SMILES string of the molecule is CCOc1cc2ncc(C#N)c(Nc3ccc(OCc4cccc(Cl)n4)c(Cl)c3)c2cc1NC(=O)CCCN(C)C. The number of carbonyl (C=O) groups is 1. The molecule has 0 saturated heterocycles. The highest BCUT2D eigenvalue weighted by Crippen LogP contribution is 2.37. The van der Waals surface area contributed by atoms with Crippen molar-refractivity contribution < 1.29 is 14.3 Å². The van der Waals surface area contributed by atoms with Crippen molar-refractivity contribution in [2.45, 2.75) is 26.4 Å². The topological polar surface area (TPSA) is 112 Å². The van der Waals surface area contributed by atoms with Crippen LogP contribution in [0.25, 0.3) is 10.9 Å². The Hall–Kier alpha value is -4.10. The number of fused-ring (bicyclic) bond motifs is 1. The lowest BCUT2D eigenvalue weighted by Gasteiger charge is -2.17. The van der Waals surface area contributed by atoms with Gasteiger partial charge in [-0.2, -0.15) is 5.26 Å². The van der Waals surface area contributed by atoms with Gasteiger partial charge in [0, 0.05) is 29.8 Å². The predicted molar refractivity (Wildman–Crippen MR) is 162 cm³/mol. The van der Waals surface area contributed by atoms with Crippen LogP contribution in [0.2, 0.25) is 10.2 Å². The first-order valence-corrected chi connectivity index (χ1v) is 13.8. The zero-order valence-electron chi connectivity index (χ0n) is 23.0. The van der Waals surface area contributed by atoms with E-state index < -0.39 is 0 Å². The molecule has 0 unspecified atom stereocenters. The van der Waals surface area contributed by atoms with Crippen LogP contribution in [0.5, 0.6) is 11.5 Å². The minimum absolute atomic E-state index is 0.124. The highest BCUT2D eigenvalue weighted by Gasteiger charge is 2.16. The number of nitrogens with one attached hydrogen (secondary N) is 2. The minimum Gasteiger partial charge on any atom is -0.492 e. The molecule has 1 amide bonds. The number of anilines is 3. The van der Waals surface area contributed by atoms with E-state index in [1.165, 1.54) is 6.20 Å². The molecule has 0 spiro atoms. The molecule has 4 rings (SSSR count). The number of hydrogen-bond donors (Lipinski definition) is 2. The number of benzene rings is 2. The standard InChI is InChI=1S/C30H30Cl2N6O3/c1-4-40-27-15-24-22(14-25(27)37-29(39)9-6-12-38(2)3)30(19(16-33)17-34-24)36-20-10-11-26(23(31)13-20)41-18-21-7-5-8-28(32)35-21/h5,7-8,10-11,13-15,17H,4,6,9,12,18H2,1-3H3,(H,34,36)(H,37,39). The van der Waals surface area contributed by atoms with Gasteiger partial charge in [-0.15, -0.1) is 0 Å². The molecular weight excluding hydrogens is 563 g/mol. The summed E-state index contributed by atoms with van der Waals surface area (Å²) in [7, 11) is 3.93. The molecule has 0 fully saturated rings. The number of aromatic nitrogens is 2. The Balaban J connectivity index is 1.61. The lowest BCUT2D eigenvalue weighted by Crippen LogP contribution is -2.17. The first-order valence-electron chi connectivity index (χ1n) is 13.0. The summed E-state index contributed by atoms with van der Waals surface area (Å²) in [5.74, 6) is 0.851. The average molecular weight is 594 g/mol. The summed E-state index contributed by atoms with van der Waals surface area (Å²) in [5, 5.41) is 17.5. The van der Waals surface area contributed by atoms with Gasteiger partial charge in [-0.25, -0.2) is 4.98 Å². The number of carbonyl (C=O) groups excluding carboxylic acids is 1. The Labute approximate surface area is 249 Å². The van der Waals surface area contributed by atoms with Gasteiger partial charge in [0.05, 0.1) is 39.8 Å². The van der Waals surface area contributed by atoms with Gasteiger partial charge in [0.2, 0.25) is 5.91 Å². The van der Waals surface area contributed by atoms with Crippen molar-refractivity contribution in [1.82, 2.24) is 14.9 Å². The molecule has 4 aromatic rings. The number of halogens is 2. The lowest BCUT2D eigenvalue weighted by molar-refractivity contribution is -0.116. The van der Waals surface area contributed by atoms with Crippen molar-refractivity contribution in [3.8, 4) is 17.6 Å². The summed E-state index contributed by atoms with van der Waals surface area (Å²) >= 11 is 12.5. The molecule has 212 valence electrons. The average Bonchev–Trinajstić information content (AvgIpc) is 2.93. The normalized spacial score (nSPS) is 10.9. The van der Waals surface area contributed by atoms with Crippen LogP contribution in [0, 0.1) is 11.3 Å². The van der Waals surface area contributed by atoms with Gasteiger partial charge in [0.25, 0.3) is 0 Å². The number of hydrogen-bond acceptors (Lipinski definition) is 8. The Morgan fingerprint density at radius 1 is 1.10 bits per heavy atom. The van der Waals surface area contributed by atoms with Gasteiger partial charge in [0.15, 0.2) is 0 Å². The molecule has 2 aromatic carbocycles. The van der Waals surface area contributed by atoms with Crippen molar-refractivity contribution in [3.63, 3.8) is 0 Å². The molecule has 2 aromatic heterocycles. The molecule has 0 bridgehead atoms. The summed E-state index contributed by atoms with van der Waals surface area (Å²) in [5.41, 5.74) is 3.26. The first kappa shape index (κ1) is 29.9. The molecule has 0 atom stereocenters. The van der Waals surface area contributed by atoms with E-state index in [0.29, 0.717) is 73.9 Å². The molecule has 2 heterocycles. The third kappa shape index (κ3) is 7.98. The molecule has 2 N–H and O–H groups in total.